The largest absolute Gasteiger partial charge is 0.399 e. The molecular formula is C13H17N3O4. The number of fused-ring (bicyclic) bond motifs is 1. The van der Waals surface area contributed by atoms with Crippen molar-refractivity contribution in [2.45, 2.75) is 31.0 Å². The number of aliphatic hydroxyl groups is 3. The first-order valence-electron chi connectivity index (χ1n) is 6.34. The fraction of sp³-hybridized carbons (Fsp3) is 0.462. The third-order valence-electron chi connectivity index (χ3n) is 3.79. The summed E-state index contributed by atoms with van der Waals surface area (Å²) in [6.45, 7) is 1.11. The van der Waals surface area contributed by atoms with E-state index >= 15 is 0 Å². The van der Waals surface area contributed by atoms with Gasteiger partial charge in [-0.15, -0.1) is 0 Å². The van der Waals surface area contributed by atoms with Gasteiger partial charge in [-0.25, -0.2) is 4.98 Å². The molecule has 1 aliphatic rings. The highest BCUT2D eigenvalue weighted by Gasteiger charge is 2.53. The summed E-state index contributed by atoms with van der Waals surface area (Å²) in [7, 11) is 0. The van der Waals surface area contributed by atoms with E-state index in [1.54, 1.807) is 22.8 Å². The van der Waals surface area contributed by atoms with E-state index in [-0.39, 0.29) is 6.61 Å². The fourth-order valence-electron chi connectivity index (χ4n) is 2.63. The zero-order valence-electron chi connectivity index (χ0n) is 11.0. The molecule has 20 heavy (non-hydrogen) atoms. The first-order chi connectivity index (χ1) is 9.45. The molecule has 2 aromatic rings. The summed E-state index contributed by atoms with van der Waals surface area (Å²) in [5.74, 6) is 0. The molecule has 0 aliphatic carbocycles. The number of aliphatic hydroxyl groups excluding tert-OH is 2. The van der Waals surface area contributed by atoms with Crippen molar-refractivity contribution in [1.82, 2.24) is 9.55 Å². The van der Waals surface area contributed by atoms with Gasteiger partial charge in [-0.1, -0.05) is 0 Å². The van der Waals surface area contributed by atoms with Gasteiger partial charge in [0, 0.05) is 5.69 Å². The molecule has 4 atom stereocenters. The van der Waals surface area contributed by atoms with Crippen molar-refractivity contribution in [2.75, 3.05) is 12.3 Å². The van der Waals surface area contributed by atoms with Crippen molar-refractivity contribution >= 4 is 16.7 Å². The lowest BCUT2D eigenvalue weighted by Crippen LogP contribution is -2.44. The highest BCUT2D eigenvalue weighted by molar-refractivity contribution is 5.79. The van der Waals surface area contributed by atoms with Crippen LogP contribution in [0.25, 0.3) is 11.0 Å². The molecule has 7 heteroatoms. The van der Waals surface area contributed by atoms with Crippen LogP contribution in [0.2, 0.25) is 0 Å². The molecule has 0 spiro atoms. The Morgan fingerprint density at radius 3 is 2.90 bits per heavy atom. The maximum absolute atomic E-state index is 10.5. The Balaban J connectivity index is 2.07. The highest BCUT2D eigenvalue weighted by Crippen LogP contribution is 2.39. The summed E-state index contributed by atoms with van der Waals surface area (Å²) >= 11 is 0. The maximum atomic E-state index is 10.5. The van der Waals surface area contributed by atoms with Crippen molar-refractivity contribution in [3.05, 3.63) is 24.5 Å². The number of anilines is 1. The Bertz CT molecular complexity index is 640. The normalized spacial score (nSPS) is 33.9. The van der Waals surface area contributed by atoms with E-state index in [1.807, 2.05) is 0 Å². The van der Waals surface area contributed by atoms with Crippen molar-refractivity contribution in [3.8, 4) is 0 Å². The van der Waals surface area contributed by atoms with Crippen LogP contribution in [0.4, 0.5) is 5.69 Å². The molecule has 1 aromatic heterocycles. The third kappa shape index (κ3) is 1.79. The van der Waals surface area contributed by atoms with Gasteiger partial charge in [-0.2, -0.15) is 0 Å². The van der Waals surface area contributed by atoms with Gasteiger partial charge < -0.3 is 30.4 Å². The molecule has 7 nitrogen and oxygen atoms in total. The van der Waals surface area contributed by atoms with Crippen molar-refractivity contribution in [3.63, 3.8) is 0 Å². The predicted molar refractivity (Wildman–Crippen MR) is 71.8 cm³/mol. The molecule has 0 saturated carbocycles. The molecule has 0 radical (unpaired) electrons. The number of ether oxygens (including phenoxy) is 1. The van der Waals surface area contributed by atoms with Gasteiger partial charge in [0.05, 0.1) is 24.0 Å². The third-order valence-corrected chi connectivity index (χ3v) is 3.79. The number of imidazole rings is 1. The van der Waals surface area contributed by atoms with Crippen LogP contribution >= 0.6 is 0 Å². The molecule has 108 valence electrons. The van der Waals surface area contributed by atoms with Crippen molar-refractivity contribution in [2.24, 2.45) is 0 Å². The highest BCUT2D eigenvalue weighted by atomic mass is 16.6. The van der Waals surface area contributed by atoms with E-state index in [2.05, 4.69) is 4.98 Å². The Kier molecular flexibility index (Phi) is 2.94. The molecule has 1 aromatic carbocycles. The van der Waals surface area contributed by atoms with Crippen LogP contribution in [0.5, 0.6) is 0 Å². The number of nitrogens with two attached hydrogens (primary N) is 1. The van der Waals surface area contributed by atoms with E-state index in [9.17, 15) is 15.3 Å². The second-order valence-corrected chi connectivity index (χ2v) is 5.28. The smallest absolute Gasteiger partial charge is 0.167 e. The zero-order chi connectivity index (χ0) is 14.5. The fourth-order valence-corrected chi connectivity index (χ4v) is 2.63. The predicted octanol–water partition coefficient (Wildman–Crippen LogP) is -0.380. The van der Waals surface area contributed by atoms with Crippen LogP contribution < -0.4 is 5.73 Å². The van der Waals surface area contributed by atoms with Gasteiger partial charge in [-0.3, -0.25) is 0 Å². The minimum absolute atomic E-state index is 0.368. The van der Waals surface area contributed by atoms with Crippen molar-refractivity contribution in [1.29, 1.82) is 0 Å². The Morgan fingerprint density at radius 1 is 1.50 bits per heavy atom. The molecule has 1 aliphatic heterocycles. The van der Waals surface area contributed by atoms with Crippen molar-refractivity contribution < 1.29 is 20.1 Å². The van der Waals surface area contributed by atoms with Gasteiger partial charge in [-0.05, 0) is 25.1 Å². The number of hydrogen-bond acceptors (Lipinski definition) is 6. The number of benzene rings is 1. The van der Waals surface area contributed by atoms with E-state index in [0.29, 0.717) is 11.2 Å². The van der Waals surface area contributed by atoms with Gasteiger partial charge >= 0.3 is 0 Å². The summed E-state index contributed by atoms with van der Waals surface area (Å²) in [5, 5.41) is 29.7. The quantitative estimate of drug-likeness (QED) is 0.557. The summed E-state index contributed by atoms with van der Waals surface area (Å²) in [6, 6.07) is 5.22. The summed E-state index contributed by atoms with van der Waals surface area (Å²) in [5.41, 5.74) is 6.17. The SMILES string of the molecule is CC1(O)C(n2cnc3cc(N)ccc32)O[C@H](CO)[C@H]1O. The van der Waals surface area contributed by atoms with Gasteiger partial charge in [0.1, 0.15) is 17.8 Å². The summed E-state index contributed by atoms with van der Waals surface area (Å²) in [4.78, 5) is 4.21. The maximum Gasteiger partial charge on any atom is 0.167 e. The van der Waals surface area contributed by atoms with Crippen LogP contribution in [0.15, 0.2) is 24.5 Å². The zero-order valence-corrected chi connectivity index (χ0v) is 11.0. The lowest BCUT2D eigenvalue weighted by Gasteiger charge is -2.27. The van der Waals surface area contributed by atoms with Crippen LogP contribution in [0, 0.1) is 0 Å². The van der Waals surface area contributed by atoms with Gasteiger partial charge in [0.25, 0.3) is 0 Å². The first kappa shape index (κ1) is 13.3. The van der Waals surface area contributed by atoms with Crippen LogP contribution in [0.3, 0.4) is 0 Å². The molecule has 1 fully saturated rings. The number of hydrogen-bond donors (Lipinski definition) is 4. The second-order valence-electron chi connectivity index (χ2n) is 5.28. The van der Waals surface area contributed by atoms with Crippen LogP contribution in [-0.2, 0) is 4.74 Å². The van der Waals surface area contributed by atoms with E-state index in [0.717, 1.165) is 5.52 Å². The molecule has 1 saturated heterocycles. The Labute approximate surface area is 115 Å². The monoisotopic (exact) mass is 279 g/mol. The standard InChI is InChI=1S/C13H17N3O4/c1-13(19)11(18)10(5-17)20-12(13)16-6-15-8-4-7(14)2-3-9(8)16/h2-4,6,10-12,17-19H,5,14H2,1H3/t10-,11-,12?,13?/m1/s1. The Hall–Kier alpha value is -1.67. The minimum Gasteiger partial charge on any atom is -0.399 e. The summed E-state index contributed by atoms with van der Waals surface area (Å²) in [6.07, 6.45) is -1.32. The van der Waals surface area contributed by atoms with Crippen LogP contribution in [0.1, 0.15) is 13.2 Å². The molecule has 2 heterocycles. The molecule has 0 amide bonds. The molecule has 0 bridgehead atoms. The molecule has 2 unspecified atom stereocenters. The first-order valence-corrected chi connectivity index (χ1v) is 6.34. The second kappa shape index (κ2) is 4.42. The lowest BCUT2D eigenvalue weighted by atomic mass is 9.96. The number of aromatic nitrogens is 2. The van der Waals surface area contributed by atoms with Gasteiger partial charge in [0.2, 0.25) is 0 Å². The van der Waals surface area contributed by atoms with E-state index in [4.69, 9.17) is 10.5 Å². The number of nitrogen functional groups attached to an aromatic ring is 1. The lowest BCUT2D eigenvalue weighted by molar-refractivity contribution is -0.0948. The van der Waals surface area contributed by atoms with E-state index < -0.39 is 24.0 Å². The average Bonchev–Trinajstić information content (AvgIpc) is 2.90. The minimum atomic E-state index is -1.53. The van der Waals surface area contributed by atoms with E-state index in [1.165, 1.54) is 13.3 Å². The average molecular weight is 279 g/mol. The summed E-state index contributed by atoms with van der Waals surface area (Å²) < 4.78 is 7.20. The molecular weight excluding hydrogens is 262 g/mol. The molecule has 3 rings (SSSR count). The topological polar surface area (TPSA) is 114 Å². The Morgan fingerprint density at radius 2 is 2.25 bits per heavy atom. The number of nitrogens with zero attached hydrogens (tertiary/aromatic N) is 2. The molecule has 5 N–H and O–H groups in total. The van der Waals surface area contributed by atoms with Gasteiger partial charge in [0.15, 0.2) is 6.23 Å². The number of rotatable bonds is 2. The van der Waals surface area contributed by atoms with Crippen LogP contribution in [-0.4, -0.2) is 49.3 Å².